The van der Waals surface area contributed by atoms with E-state index in [-0.39, 0.29) is 24.5 Å². The number of amides is 3. The van der Waals surface area contributed by atoms with E-state index in [1.54, 1.807) is 21.9 Å². The van der Waals surface area contributed by atoms with E-state index in [9.17, 15) is 9.59 Å². The van der Waals surface area contributed by atoms with Crippen molar-refractivity contribution in [2.45, 2.75) is 31.8 Å². The molecule has 0 bridgehead atoms. The summed E-state index contributed by atoms with van der Waals surface area (Å²) >= 11 is 12.4. The molecule has 1 saturated carbocycles. The number of H-pyrrole nitrogens is 1. The average Bonchev–Trinajstić information content (AvgIpc) is 3.67. The number of anilines is 1. The largest absolute Gasteiger partial charge is 0.361 e. The number of aromatic nitrogens is 1. The Labute approximate surface area is 226 Å². The SMILES string of the molecule is O=C(CN(C(=O)Nc1ccccc1)C1CC1)N(CCc1c[nH]c2ccccc12)Cc1ccc(Cl)c(Cl)c1. The maximum absolute atomic E-state index is 13.7. The van der Waals surface area contributed by atoms with Crippen molar-refractivity contribution in [1.82, 2.24) is 14.8 Å². The molecule has 3 amide bonds. The number of fused-ring (bicyclic) bond motifs is 1. The minimum atomic E-state index is -0.256. The summed E-state index contributed by atoms with van der Waals surface area (Å²) in [6.45, 7) is 0.884. The number of nitrogens with zero attached hydrogens (tertiary/aromatic N) is 2. The summed E-state index contributed by atoms with van der Waals surface area (Å²) in [5.74, 6) is -0.110. The molecule has 3 aromatic carbocycles. The fourth-order valence-electron chi connectivity index (χ4n) is 4.46. The molecule has 5 rings (SSSR count). The number of benzene rings is 3. The summed E-state index contributed by atoms with van der Waals surface area (Å²) in [6, 6.07) is 22.7. The van der Waals surface area contributed by atoms with Crippen molar-refractivity contribution >= 4 is 51.7 Å². The Morgan fingerprint density at radius 3 is 2.46 bits per heavy atom. The molecule has 0 aliphatic heterocycles. The van der Waals surface area contributed by atoms with E-state index in [2.05, 4.69) is 16.4 Å². The highest BCUT2D eigenvalue weighted by Crippen LogP contribution is 2.28. The summed E-state index contributed by atoms with van der Waals surface area (Å²) in [5, 5.41) is 4.99. The van der Waals surface area contributed by atoms with Crippen LogP contribution in [0.3, 0.4) is 0 Å². The number of carbonyl (C=O) groups is 2. The molecule has 0 radical (unpaired) electrons. The number of nitrogens with one attached hydrogen (secondary N) is 2. The topological polar surface area (TPSA) is 68.4 Å². The fraction of sp³-hybridized carbons (Fsp3) is 0.241. The predicted molar refractivity (Wildman–Crippen MR) is 149 cm³/mol. The van der Waals surface area contributed by atoms with Crippen molar-refractivity contribution in [2.24, 2.45) is 0 Å². The van der Waals surface area contributed by atoms with Gasteiger partial charge in [0, 0.05) is 41.9 Å². The molecular formula is C29H28Cl2N4O2. The molecule has 1 heterocycles. The van der Waals surface area contributed by atoms with Crippen LogP contribution in [0.2, 0.25) is 10.0 Å². The first kappa shape index (κ1) is 25.2. The first-order valence-corrected chi connectivity index (χ1v) is 13.1. The van der Waals surface area contributed by atoms with E-state index in [1.165, 1.54) is 0 Å². The average molecular weight is 535 g/mol. The number of carbonyl (C=O) groups excluding carboxylic acids is 2. The van der Waals surface area contributed by atoms with Gasteiger partial charge in [-0.2, -0.15) is 0 Å². The maximum Gasteiger partial charge on any atom is 0.322 e. The van der Waals surface area contributed by atoms with Crippen molar-refractivity contribution in [3.05, 3.63) is 100 Å². The Morgan fingerprint density at radius 2 is 1.70 bits per heavy atom. The van der Waals surface area contributed by atoms with Gasteiger partial charge in [-0.15, -0.1) is 0 Å². The number of para-hydroxylation sites is 2. The molecule has 190 valence electrons. The van der Waals surface area contributed by atoms with Crippen LogP contribution in [0.5, 0.6) is 0 Å². The molecule has 8 heteroatoms. The van der Waals surface area contributed by atoms with Crippen LogP contribution in [0.15, 0.2) is 79.0 Å². The molecule has 0 spiro atoms. The first-order valence-electron chi connectivity index (χ1n) is 12.4. The number of aromatic amines is 1. The van der Waals surface area contributed by atoms with Crippen LogP contribution in [-0.2, 0) is 17.8 Å². The molecule has 1 aliphatic rings. The summed E-state index contributed by atoms with van der Waals surface area (Å²) in [4.78, 5) is 33.5. The van der Waals surface area contributed by atoms with Gasteiger partial charge >= 0.3 is 6.03 Å². The Bertz CT molecular complexity index is 1400. The summed E-state index contributed by atoms with van der Waals surface area (Å²) in [5.41, 5.74) is 3.80. The lowest BCUT2D eigenvalue weighted by atomic mass is 10.1. The Morgan fingerprint density at radius 1 is 0.946 bits per heavy atom. The molecule has 1 fully saturated rings. The summed E-state index contributed by atoms with van der Waals surface area (Å²) in [7, 11) is 0. The van der Waals surface area contributed by atoms with Gasteiger partial charge < -0.3 is 20.1 Å². The second-order valence-corrected chi connectivity index (χ2v) is 10.1. The van der Waals surface area contributed by atoms with Crippen LogP contribution in [0.4, 0.5) is 10.5 Å². The molecule has 37 heavy (non-hydrogen) atoms. The van der Waals surface area contributed by atoms with Crippen LogP contribution in [0.25, 0.3) is 10.9 Å². The van der Waals surface area contributed by atoms with E-state index in [0.717, 1.165) is 34.9 Å². The highest BCUT2D eigenvalue weighted by atomic mass is 35.5. The quantitative estimate of drug-likeness (QED) is 0.249. The number of hydrogen-bond acceptors (Lipinski definition) is 2. The minimum Gasteiger partial charge on any atom is -0.361 e. The van der Waals surface area contributed by atoms with Crippen LogP contribution in [0.1, 0.15) is 24.0 Å². The Kier molecular flexibility index (Phi) is 7.68. The van der Waals surface area contributed by atoms with Crippen molar-refractivity contribution in [1.29, 1.82) is 0 Å². The van der Waals surface area contributed by atoms with Crippen molar-refractivity contribution < 1.29 is 9.59 Å². The van der Waals surface area contributed by atoms with E-state index < -0.39 is 0 Å². The normalized spacial score (nSPS) is 12.9. The van der Waals surface area contributed by atoms with E-state index in [0.29, 0.717) is 35.2 Å². The summed E-state index contributed by atoms with van der Waals surface area (Å²) in [6.07, 6.45) is 4.47. The van der Waals surface area contributed by atoms with Gasteiger partial charge in [0.05, 0.1) is 10.0 Å². The molecular weight excluding hydrogens is 507 g/mol. The highest BCUT2D eigenvalue weighted by molar-refractivity contribution is 6.42. The van der Waals surface area contributed by atoms with Gasteiger partial charge in [0.1, 0.15) is 6.54 Å². The van der Waals surface area contributed by atoms with Gasteiger partial charge in [-0.05, 0) is 60.7 Å². The Balaban J connectivity index is 1.33. The van der Waals surface area contributed by atoms with Gasteiger partial charge in [-0.3, -0.25) is 4.79 Å². The molecule has 4 aromatic rings. The second kappa shape index (κ2) is 11.3. The molecule has 6 nitrogen and oxygen atoms in total. The first-order chi connectivity index (χ1) is 18.0. The number of hydrogen-bond donors (Lipinski definition) is 2. The van der Waals surface area contributed by atoms with Gasteiger partial charge in [0.15, 0.2) is 0 Å². The van der Waals surface area contributed by atoms with E-state index >= 15 is 0 Å². The monoisotopic (exact) mass is 534 g/mol. The molecule has 1 aliphatic carbocycles. The van der Waals surface area contributed by atoms with Gasteiger partial charge in [-0.1, -0.05) is 65.7 Å². The molecule has 0 unspecified atom stereocenters. The second-order valence-electron chi connectivity index (χ2n) is 9.33. The molecule has 0 saturated heterocycles. The third-order valence-corrected chi connectivity index (χ3v) is 7.35. The fourth-order valence-corrected chi connectivity index (χ4v) is 4.78. The molecule has 0 atom stereocenters. The third kappa shape index (κ3) is 6.27. The zero-order valence-corrected chi connectivity index (χ0v) is 21.8. The number of rotatable bonds is 9. The van der Waals surface area contributed by atoms with Gasteiger partial charge in [0.2, 0.25) is 5.91 Å². The summed E-state index contributed by atoms with van der Waals surface area (Å²) < 4.78 is 0. The lowest BCUT2D eigenvalue weighted by molar-refractivity contribution is -0.132. The lowest BCUT2D eigenvalue weighted by Gasteiger charge is -2.28. The Hall–Kier alpha value is -3.48. The van der Waals surface area contributed by atoms with Crippen molar-refractivity contribution in [3.63, 3.8) is 0 Å². The molecule has 2 N–H and O–H groups in total. The zero-order chi connectivity index (χ0) is 25.8. The smallest absolute Gasteiger partial charge is 0.322 e. The van der Waals surface area contributed by atoms with Gasteiger partial charge in [-0.25, -0.2) is 4.79 Å². The predicted octanol–water partition coefficient (Wildman–Crippen LogP) is 6.74. The zero-order valence-electron chi connectivity index (χ0n) is 20.3. The maximum atomic E-state index is 13.7. The molecule has 1 aromatic heterocycles. The number of urea groups is 1. The lowest BCUT2D eigenvalue weighted by Crippen LogP contribution is -2.45. The van der Waals surface area contributed by atoms with Crippen LogP contribution < -0.4 is 5.32 Å². The highest BCUT2D eigenvalue weighted by Gasteiger charge is 2.35. The van der Waals surface area contributed by atoms with Crippen molar-refractivity contribution in [2.75, 3.05) is 18.4 Å². The van der Waals surface area contributed by atoms with Crippen LogP contribution in [0, 0.1) is 0 Å². The standard InChI is InChI=1S/C29H28Cl2N4O2/c30-25-13-10-20(16-26(25)31)18-34(15-14-21-17-32-27-9-5-4-8-24(21)27)28(36)19-35(23-11-12-23)29(37)33-22-6-2-1-3-7-22/h1-10,13,16-17,23,32H,11-12,14-15,18-19H2,(H,33,37). The number of halogens is 2. The van der Waals surface area contributed by atoms with Crippen LogP contribution >= 0.6 is 23.2 Å². The van der Waals surface area contributed by atoms with Crippen molar-refractivity contribution in [3.8, 4) is 0 Å². The minimum absolute atomic E-state index is 0.0124. The van der Waals surface area contributed by atoms with E-state index in [4.69, 9.17) is 23.2 Å². The third-order valence-electron chi connectivity index (χ3n) is 6.62. The van der Waals surface area contributed by atoms with Gasteiger partial charge in [0.25, 0.3) is 0 Å². The van der Waals surface area contributed by atoms with E-state index in [1.807, 2.05) is 60.8 Å². The van der Waals surface area contributed by atoms with Crippen LogP contribution in [-0.4, -0.2) is 45.9 Å².